The van der Waals surface area contributed by atoms with E-state index in [1.165, 1.54) is 6.42 Å². The molecule has 0 amide bonds. The minimum Gasteiger partial charge on any atom is -0.497 e. The highest BCUT2D eigenvalue weighted by Gasteiger charge is 2.22. The third-order valence-electron chi connectivity index (χ3n) is 3.80. The van der Waals surface area contributed by atoms with Crippen molar-refractivity contribution in [3.05, 3.63) is 23.8 Å². The van der Waals surface area contributed by atoms with Gasteiger partial charge in [-0.3, -0.25) is 4.79 Å². The molecule has 0 unspecified atom stereocenters. The number of ether oxygens (including phenoxy) is 3. The molecule has 0 atom stereocenters. The summed E-state index contributed by atoms with van der Waals surface area (Å²) in [5, 5.41) is 0. The lowest BCUT2D eigenvalue weighted by atomic mass is 9.89. The Morgan fingerprint density at radius 2 is 1.90 bits per heavy atom. The summed E-state index contributed by atoms with van der Waals surface area (Å²) in [5.74, 6) is 1.40. The number of hydrogen-bond acceptors (Lipinski definition) is 4. The fourth-order valence-corrected chi connectivity index (χ4v) is 2.58. The van der Waals surface area contributed by atoms with Gasteiger partial charge in [-0.1, -0.05) is 19.3 Å². The summed E-state index contributed by atoms with van der Waals surface area (Å²) in [7, 11) is 3.21. The highest BCUT2D eigenvalue weighted by Crippen LogP contribution is 2.27. The van der Waals surface area contributed by atoms with E-state index in [0.29, 0.717) is 5.75 Å². The summed E-state index contributed by atoms with van der Waals surface area (Å²) in [6.45, 7) is 0.252. The summed E-state index contributed by atoms with van der Waals surface area (Å²) in [6, 6.07) is 5.50. The first kappa shape index (κ1) is 14.7. The standard InChI is InChI=1S/C16H22O4/c1-18-14-9-8-13(15(10-14)19-2)11-20-16(17)12-6-4-3-5-7-12/h8-10,12H,3-7,11H2,1-2H3. The van der Waals surface area contributed by atoms with Crippen molar-refractivity contribution >= 4 is 5.97 Å². The van der Waals surface area contributed by atoms with Crippen molar-refractivity contribution < 1.29 is 19.0 Å². The summed E-state index contributed by atoms with van der Waals surface area (Å²) in [5.41, 5.74) is 0.859. The molecule has 4 nitrogen and oxygen atoms in total. The molecule has 4 heteroatoms. The van der Waals surface area contributed by atoms with Gasteiger partial charge in [-0.2, -0.15) is 0 Å². The number of esters is 1. The Labute approximate surface area is 120 Å². The first-order valence-corrected chi connectivity index (χ1v) is 7.12. The van der Waals surface area contributed by atoms with E-state index < -0.39 is 0 Å². The van der Waals surface area contributed by atoms with E-state index in [1.807, 2.05) is 12.1 Å². The Balaban J connectivity index is 1.94. The maximum Gasteiger partial charge on any atom is 0.309 e. The molecule has 1 aliphatic rings. The molecule has 1 fully saturated rings. The molecular formula is C16H22O4. The van der Waals surface area contributed by atoms with Crippen LogP contribution >= 0.6 is 0 Å². The number of methoxy groups -OCH3 is 2. The molecule has 1 aromatic carbocycles. The zero-order valence-electron chi connectivity index (χ0n) is 12.2. The molecule has 0 saturated heterocycles. The summed E-state index contributed by atoms with van der Waals surface area (Å²) in [4.78, 5) is 12.0. The molecule has 0 spiro atoms. The van der Waals surface area contributed by atoms with Crippen molar-refractivity contribution in [1.29, 1.82) is 0 Å². The van der Waals surface area contributed by atoms with Crippen molar-refractivity contribution in [2.24, 2.45) is 5.92 Å². The van der Waals surface area contributed by atoms with Crippen LogP contribution in [0.5, 0.6) is 11.5 Å². The van der Waals surface area contributed by atoms with E-state index in [-0.39, 0.29) is 18.5 Å². The molecule has 0 N–H and O–H groups in total. The fourth-order valence-electron chi connectivity index (χ4n) is 2.58. The van der Waals surface area contributed by atoms with Crippen molar-refractivity contribution in [2.45, 2.75) is 38.7 Å². The Morgan fingerprint density at radius 1 is 1.15 bits per heavy atom. The average molecular weight is 278 g/mol. The third-order valence-corrected chi connectivity index (χ3v) is 3.80. The van der Waals surface area contributed by atoms with Gasteiger partial charge in [0.2, 0.25) is 0 Å². The molecule has 0 bridgehead atoms. The zero-order valence-corrected chi connectivity index (χ0v) is 12.2. The molecule has 0 aromatic heterocycles. The monoisotopic (exact) mass is 278 g/mol. The van der Waals surface area contributed by atoms with Crippen LogP contribution in [0.2, 0.25) is 0 Å². The van der Waals surface area contributed by atoms with Crippen LogP contribution in [0.25, 0.3) is 0 Å². The number of carbonyl (C=O) groups excluding carboxylic acids is 1. The van der Waals surface area contributed by atoms with Gasteiger partial charge in [0.05, 0.1) is 20.1 Å². The lowest BCUT2D eigenvalue weighted by Gasteiger charge is -2.20. The molecule has 0 aliphatic heterocycles. The molecular weight excluding hydrogens is 256 g/mol. The lowest BCUT2D eigenvalue weighted by Crippen LogP contribution is -2.20. The highest BCUT2D eigenvalue weighted by atomic mass is 16.5. The van der Waals surface area contributed by atoms with Gasteiger partial charge in [-0.25, -0.2) is 0 Å². The van der Waals surface area contributed by atoms with Crippen molar-refractivity contribution in [3.63, 3.8) is 0 Å². The Hall–Kier alpha value is -1.71. The van der Waals surface area contributed by atoms with Crippen LogP contribution in [0.1, 0.15) is 37.7 Å². The number of benzene rings is 1. The highest BCUT2D eigenvalue weighted by molar-refractivity contribution is 5.72. The smallest absolute Gasteiger partial charge is 0.309 e. The van der Waals surface area contributed by atoms with Crippen LogP contribution in [0, 0.1) is 5.92 Å². The molecule has 1 saturated carbocycles. The fraction of sp³-hybridized carbons (Fsp3) is 0.562. The summed E-state index contributed by atoms with van der Waals surface area (Å²) >= 11 is 0. The van der Waals surface area contributed by atoms with E-state index in [4.69, 9.17) is 14.2 Å². The van der Waals surface area contributed by atoms with Crippen LogP contribution in [0.15, 0.2) is 18.2 Å². The van der Waals surface area contributed by atoms with Gasteiger partial charge in [0.1, 0.15) is 18.1 Å². The van der Waals surface area contributed by atoms with Crippen LogP contribution in [-0.4, -0.2) is 20.2 Å². The number of hydrogen-bond donors (Lipinski definition) is 0. The molecule has 110 valence electrons. The van der Waals surface area contributed by atoms with Gasteiger partial charge >= 0.3 is 5.97 Å². The maximum absolute atomic E-state index is 12.0. The largest absolute Gasteiger partial charge is 0.497 e. The molecule has 1 aromatic rings. The van der Waals surface area contributed by atoms with E-state index in [9.17, 15) is 4.79 Å². The summed E-state index contributed by atoms with van der Waals surface area (Å²) in [6.07, 6.45) is 5.41. The van der Waals surface area contributed by atoms with E-state index in [2.05, 4.69) is 0 Å². The van der Waals surface area contributed by atoms with Crippen LogP contribution in [-0.2, 0) is 16.1 Å². The predicted molar refractivity (Wildman–Crippen MR) is 75.9 cm³/mol. The van der Waals surface area contributed by atoms with Crippen LogP contribution in [0.4, 0.5) is 0 Å². The maximum atomic E-state index is 12.0. The predicted octanol–water partition coefficient (Wildman–Crippen LogP) is 3.33. The van der Waals surface area contributed by atoms with Gasteiger partial charge in [0.15, 0.2) is 0 Å². The quantitative estimate of drug-likeness (QED) is 0.775. The van der Waals surface area contributed by atoms with Crippen LogP contribution < -0.4 is 9.47 Å². The lowest BCUT2D eigenvalue weighted by molar-refractivity contribution is -0.151. The first-order chi connectivity index (χ1) is 9.74. The molecule has 1 aliphatic carbocycles. The summed E-state index contributed by atoms with van der Waals surface area (Å²) < 4.78 is 15.9. The van der Waals surface area contributed by atoms with Gasteiger partial charge in [-0.05, 0) is 25.0 Å². The third kappa shape index (κ3) is 3.65. The Kier molecular flexibility index (Phi) is 5.27. The second kappa shape index (κ2) is 7.17. The SMILES string of the molecule is COc1ccc(COC(=O)C2CCCCC2)c(OC)c1. The van der Waals surface area contributed by atoms with Gasteiger partial charge in [0.25, 0.3) is 0 Å². The molecule has 2 rings (SSSR count). The Morgan fingerprint density at radius 3 is 2.55 bits per heavy atom. The minimum atomic E-state index is -0.0810. The second-order valence-electron chi connectivity index (χ2n) is 5.12. The topological polar surface area (TPSA) is 44.8 Å². The minimum absolute atomic E-state index is 0.0768. The van der Waals surface area contributed by atoms with Crippen molar-refractivity contribution in [1.82, 2.24) is 0 Å². The normalized spacial score (nSPS) is 15.7. The van der Waals surface area contributed by atoms with E-state index in [0.717, 1.165) is 37.0 Å². The van der Waals surface area contributed by atoms with E-state index >= 15 is 0 Å². The number of rotatable bonds is 5. The van der Waals surface area contributed by atoms with Gasteiger partial charge < -0.3 is 14.2 Å². The molecule has 0 radical (unpaired) electrons. The first-order valence-electron chi connectivity index (χ1n) is 7.12. The van der Waals surface area contributed by atoms with E-state index in [1.54, 1.807) is 20.3 Å². The average Bonchev–Trinajstić information content (AvgIpc) is 2.53. The van der Waals surface area contributed by atoms with Crippen molar-refractivity contribution in [2.75, 3.05) is 14.2 Å². The van der Waals surface area contributed by atoms with Gasteiger partial charge in [0, 0.05) is 11.6 Å². The van der Waals surface area contributed by atoms with Gasteiger partial charge in [-0.15, -0.1) is 0 Å². The second-order valence-corrected chi connectivity index (χ2v) is 5.12. The Bertz CT molecular complexity index is 450. The zero-order chi connectivity index (χ0) is 14.4. The molecule has 0 heterocycles. The van der Waals surface area contributed by atoms with Crippen molar-refractivity contribution in [3.8, 4) is 11.5 Å². The number of carbonyl (C=O) groups is 1. The van der Waals surface area contributed by atoms with Crippen LogP contribution in [0.3, 0.4) is 0 Å². The molecule has 20 heavy (non-hydrogen) atoms.